The van der Waals surface area contributed by atoms with Crippen molar-refractivity contribution >= 4 is 27.3 Å². The monoisotopic (exact) mass is 317 g/mol. The highest BCUT2D eigenvalue weighted by molar-refractivity contribution is 7.88. The molecular weight excluding hydrogens is 298 g/mol. The summed E-state index contributed by atoms with van der Waals surface area (Å²) >= 11 is 6.31. The van der Waals surface area contributed by atoms with Crippen LogP contribution in [0.3, 0.4) is 0 Å². The zero-order valence-corrected chi connectivity index (χ0v) is 13.1. The Morgan fingerprint density at radius 2 is 1.90 bits per heavy atom. The first-order valence-corrected chi connectivity index (χ1v) is 8.83. The number of hydrogen-bond donors (Lipinski definition) is 1. The summed E-state index contributed by atoms with van der Waals surface area (Å²) in [5.41, 5.74) is 7.61. The third-order valence-electron chi connectivity index (χ3n) is 3.49. The molecule has 0 aliphatic carbocycles. The van der Waals surface area contributed by atoms with Gasteiger partial charge in [0.25, 0.3) is 0 Å². The molecule has 1 aromatic carbocycles. The lowest BCUT2D eigenvalue weighted by molar-refractivity contribution is 0.388. The summed E-state index contributed by atoms with van der Waals surface area (Å²) in [4.78, 5) is 2.12. The van der Waals surface area contributed by atoms with E-state index >= 15 is 0 Å². The minimum atomic E-state index is -3.10. The maximum absolute atomic E-state index is 11.5. The van der Waals surface area contributed by atoms with E-state index in [9.17, 15) is 8.42 Å². The number of rotatable bonds is 4. The predicted molar refractivity (Wildman–Crippen MR) is 82.8 cm³/mol. The summed E-state index contributed by atoms with van der Waals surface area (Å²) < 4.78 is 24.5. The van der Waals surface area contributed by atoms with E-state index in [2.05, 4.69) is 4.90 Å². The largest absolute Gasteiger partial charge is 0.368 e. The molecule has 1 saturated heterocycles. The Balaban J connectivity index is 2.07. The van der Waals surface area contributed by atoms with Crippen LogP contribution in [0.5, 0.6) is 0 Å². The van der Waals surface area contributed by atoms with Gasteiger partial charge in [-0.15, -0.1) is 0 Å². The molecule has 0 bridgehead atoms. The molecule has 1 aromatic rings. The van der Waals surface area contributed by atoms with Gasteiger partial charge in [0, 0.05) is 26.2 Å². The molecule has 1 fully saturated rings. The highest BCUT2D eigenvalue weighted by atomic mass is 35.5. The first-order chi connectivity index (χ1) is 9.41. The van der Waals surface area contributed by atoms with Gasteiger partial charge < -0.3 is 10.6 Å². The molecule has 0 unspecified atom stereocenters. The van der Waals surface area contributed by atoms with Crippen LogP contribution < -0.4 is 10.6 Å². The molecule has 1 heterocycles. The average Bonchev–Trinajstić information content (AvgIpc) is 2.38. The number of halogens is 1. The van der Waals surface area contributed by atoms with E-state index in [0.29, 0.717) is 37.7 Å². The van der Waals surface area contributed by atoms with Crippen molar-refractivity contribution in [3.8, 4) is 0 Å². The molecule has 1 aliphatic heterocycles. The highest BCUT2D eigenvalue weighted by Crippen LogP contribution is 2.28. The van der Waals surface area contributed by atoms with Gasteiger partial charge in [-0.25, -0.2) is 8.42 Å². The van der Waals surface area contributed by atoms with E-state index in [0.717, 1.165) is 17.7 Å². The highest BCUT2D eigenvalue weighted by Gasteiger charge is 2.24. The Hall–Kier alpha value is -0.820. The van der Waals surface area contributed by atoms with Crippen LogP contribution >= 0.6 is 11.6 Å². The Kier molecular flexibility index (Phi) is 4.90. The van der Waals surface area contributed by atoms with Gasteiger partial charge in [0.15, 0.2) is 0 Å². The molecule has 1 aliphatic rings. The van der Waals surface area contributed by atoms with E-state index < -0.39 is 10.0 Å². The molecule has 0 radical (unpaired) electrons. The van der Waals surface area contributed by atoms with Crippen LogP contribution in [-0.4, -0.2) is 51.7 Å². The molecule has 20 heavy (non-hydrogen) atoms. The molecule has 0 amide bonds. The number of benzene rings is 1. The van der Waals surface area contributed by atoms with Crippen LogP contribution in [0.25, 0.3) is 0 Å². The van der Waals surface area contributed by atoms with Crippen LogP contribution in [0.2, 0.25) is 5.02 Å². The smallest absolute Gasteiger partial charge is 0.211 e. The SMILES string of the molecule is CS(=O)(=O)N1CCN(c2ccc(CCN)cc2Cl)CC1. The summed E-state index contributed by atoms with van der Waals surface area (Å²) in [5.74, 6) is 0. The van der Waals surface area contributed by atoms with Crippen LogP contribution in [-0.2, 0) is 16.4 Å². The lowest BCUT2D eigenvalue weighted by Crippen LogP contribution is -2.48. The Labute approximate surface area is 125 Å². The standard InChI is InChI=1S/C13H20ClN3O2S/c1-20(18,19)17-8-6-16(7-9-17)13-3-2-11(4-5-15)10-12(13)14/h2-3,10H,4-9,15H2,1H3. The third-order valence-corrected chi connectivity index (χ3v) is 5.10. The summed E-state index contributed by atoms with van der Waals surface area (Å²) in [6.07, 6.45) is 2.05. The second-order valence-electron chi connectivity index (χ2n) is 4.97. The quantitative estimate of drug-likeness (QED) is 0.897. The number of hydrogen-bond acceptors (Lipinski definition) is 4. The maximum Gasteiger partial charge on any atom is 0.211 e. The number of anilines is 1. The van der Waals surface area contributed by atoms with Crippen molar-refractivity contribution in [3.05, 3.63) is 28.8 Å². The van der Waals surface area contributed by atoms with Gasteiger partial charge in [0.05, 0.1) is 17.0 Å². The number of piperazine rings is 1. The lowest BCUT2D eigenvalue weighted by Gasteiger charge is -2.35. The van der Waals surface area contributed by atoms with Crippen LogP contribution in [0.1, 0.15) is 5.56 Å². The van der Waals surface area contributed by atoms with Gasteiger partial charge in [-0.05, 0) is 30.7 Å². The van der Waals surface area contributed by atoms with E-state index in [1.165, 1.54) is 10.6 Å². The van der Waals surface area contributed by atoms with Crippen LogP contribution in [0.4, 0.5) is 5.69 Å². The van der Waals surface area contributed by atoms with Gasteiger partial charge in [0.2, 0.25) is 10.0 Å². The van der Waals surface area contributed by atoms with Crippen molar-refractivity contribution in [1.29, 1.82) is 0 Å². The first kappa shape index (κ1) is 15.6. The number of nitrogens with zero attached hydrogens (tertiary/aromatic N) is 2. The molecule has 7 heteroatoms. The molecule has 0 saturated carbocycles. The van der Waals surface area contributed by atoms with Gasteiger partial charge in [0.1, 0.15) is 0 Å². The fourth-order valence-electron chi connectivity index (χ4n) is 2.39. The Morgan fingerprint density at radius 3 is 2.40 bits per heavy atom. The van der Waals surface area contributed by atoms with Crippen molar-refractivity contribution < 1.29 is 8.42 Å². The van der Waals surface area contributed by atoms with Crippen molar-refractivity contribution in [2.24, 2.45) is 5.73 Å². The van der Waals surface area contributed by atoms with Gasteiger partial charge in [-0.2, -0.15) is 4.31 Å². The van der Waals surface area contributed by atoms with Gasteiger partial charge in [-0.1, -0.05) is 17.7 Å². The fourth-order valence-corrected chi connectivity index (χ4v) is 3.54. The molecule has 0 aromatic heterocycles. The molecule has 5 nitrogen and oxygen atoms in total. The van der Waals surface area contributed by atoms with E-state index in [-0.39, 0.29) is 0 Å². The number of sulfonamides is 1. The number of nitrogens with two attached hydrogens (primary N) is 1. The predicted octanol–water partition coefficient (Wildman–Crippen LogP) is 0.923. The molecule has 2 N–H and O–H groups in total. The van der Waals surface area contributed by atoms with Crippen LogP contribution in [0, 0.1) is 0 Å². The van der Waals surface area contributed by atoms with Crippen molar-refractivity contribution in [2.45, 2.75) is 6.42 Å². The van der Waals surface area contributed by atoms with E-state index in [1.807, 2.05) is 18.2 Å². The second kappa shape index (κ2) is 6.30. The lowest BCUT2D eigenvalue weighted by atomic mass is 10.1. The zero-order valence-electron chi connectivity index (χ0n) is 11.5. The maximum atomic E-state index is 11.5. The van der Waals surface area contributed by atoms with Crippen molar-refractivity contribution in [2.75, 3.05) is 43.9 Å². The van der Waals surface area contributed by atoms with Crippen molar-refractivity contribution in [1.82, 2.24) is 4.31 Å². The summed E-state index contributed by atoms with van der Waals surface area (Å²) in [6.45, 7) is 2.91. The van der Waals surface area contributed by atoms with Crippen LogP contribution in [0.15, 0.2) is 18.2 Å². The van der Waals surface area contributed by atoms with E-state index in [4.69, 9.17) is 17.3 Å². The topological polar surface area (TPSA) is 66.6 Å². The fraction of sp³-hybridized carbons (Fsp3) is 0.538. The molecular formula is C13H20ClN3O2S. The third kappa shape index (κ3) is 3.63. The summed E-state index contributed by atoms with van der Waals surface area (Å²) in [5, 5.41) is 0.698. The van der Waals surface area contributed by atoms with Crippen molar-refractivity contribution in [3.63, 3.8) is 0 Å². The minimum absolute atomic E-state index is 0.500. The Morgan fingerprint density at radius 1 is 1.25 bits per heavy atom. The van der Waals surface area contributed by atoms with E-state index in [1.54, 1.807) is 0 Å². The van der Waals surface area contributed by atoms with Gasteiger partial charge in [-0.3, -0.25) is 0 Å². The Bertz CT molecular complexity index is 569. The minimum Gasteiger partial charge on any atom is -0.368 e. The molecule has 112 valence electrons. The van der Waals surface area contributed by atoms with Gasteiger partial charge >= 0.3 is 0 Å². The molecule has 2 rings (SSSR count). The zero-order chi connectivity index (χ0) is 14.8. The molecule has 0 atom stereocenters. The normalized spacial score (nSPS) is 17.4. The first-order valence-electron chi connectivity index (χ1n) is 6.60. The summed E-state index contributed by atoms with van der Waals surface area (Å²) in [7, 11) is -3.10. The average molecular weight is 318 g/mol. The molecule has 0 spiro atoms. The summed E-state index contributed by atoms with van der Waals surface area (Å²) in [6, 6.07) is 5.95. The second-order valence-corrected chi connectivity index (χ2v) is 7.36.